The molecule has 1 unspecified atom stereocenters. The van der Waals surface area contributed by atoms with Gasteiger partial charge in [-0.1, -0.05) is 23.7 Å². The molecule has 3 nitrogen and oxygen atoms in total. The van der Waals surface area contributed by atoms with Gasteiger partial charge in [0.2, 0.25) is 0 Å². The zero-order valence-corrected chi connectivity index (χ0v) is 15.2. The first-order chi connectivity index (χ1) is 11.7. The number of thiophene rings is 1. The Kier molecular flexibility index (Phi) is 4.31. The highest BCUT2D eigenvalue weighted by molar-refractivity contribution is 7.80. The van der Waals surface area contributed by atoms with Gasteiger partial charge in [0.25, 0.3) is 0 Å². The highest BCUT2D eigenvalue weighted by Crippen LogP contribution is 2.35. The van der Waals surface area contributed by atoms with Gasteiger partial charge in [-0.2, -0.15) is 0 Å². The van der Waals surface area contributed by atoms with Gasteiger partial charge in [0.1, 0.15) is 6.04 Å². The fraction of sp³-hybridized carbons (Fsp3) is 0.167. The van der Waals surface area contributed by atoms with Gasteiger partial charge in [-0.15, -0.1) is 11.3 Å². The van der Waals surface area contributed by atoms with Crippen molar-refractivity contribution in [2.75, 3.05) is 11.9 Å². The van der Waals surface area contributed by atoms with E-state index in [0.717, 1.165) is 23.9 Å². The summed E-state index contributed by atoms with van der Waals surface area (Å²) >= 11 is 13.6. The van der Waals surface area contributed by atoms with Crippen LogP contribution in [0.15, 0.2) is 60.1 Å². The smallest absolute Gasteiger partial charge is 0.174 e. The molecule has 0 radical (unpaired) electrons. The SMILES string of the molecule is S=C(Nc1cccc(Cl)c1)N1CCn2cccc2C1c1cccs1. The van der Waals surface area contributed by atoms with Gasteiger partial charge >= 0.3 is 0 Å². The van der Waals surface area contributed by atoms with Gasteiger partial charge < -0.3 is 14.8 Å². The van der Waals surface area contributed by atoms with Crippen LogP contribution in [0.4, 0.5) is 5.69 Å². The van der Waals surface area contributed by atoms with Crippen molar-refractivity contribution in [2.24, 2.45) is 0 Å². The Morgan fingerprint density at radius 1 is 1.17 bits per heavy atom. The summed E-state index contributed by atoms with van der Waals surface area (Å²) in [6.07, 6.45) is 2.14. The molecule has 0 saturated heterocycles. The number of anilines is 1. The Hall–Kier alpha value is -1.82. The van der Waals surface area contributed by atoms with E-state index in [2.05, 4.69) is 50.6 Å². The zero-order chi connectivity index (χ0) is 16.5. The second-order valence-electron chi connectivity index (χ2n) is 5.68. The Morgan fingerprint density at radius 3 is 2.88 bits per heavy atom. The second-order valence-corrected chi connectivity index (χ2v) is 7.48. The van der Waals surface area contributed by atoms with Gasteiger partial charge in [0.15, 0.2) is 5.11 Å². The molecule has 4 rings (SSSR count). The van der Waals surface area contributed by atoms with Crippen molar-refractivity contribution in [3.8, 4) is 0 Å². The molecule has 3 aromatic rings. The van der Waals surface area contributed by atoms with Crippen LogP contribution in [0.2, 0.25) is 5.02 Å². The van der Waals surface area contributed by atoms with Crippen LogP contribution in [0.5, 0.6) is 0 Å². The lowest BCUT2D eigenvalue weighted by atomic mass is 10.1. The minimum Gasteiger partial charge on any atom is -0.347 e. The summed E-state index contributed by atoms with van der Waals surface area (Å²) in [5, 5.41) is 6.87. The molecule has 2 aromatic heterocycles. The van der Waals surface area contributed by atoms with E-state index in [1.807, 2.05) is 24.3 Å². The van der Waals surface area contributed by atoms with Crippen LogP contribution in [-0.4, -0.2) is 21.1 Å². The molecule has 0 amide bonds. The summed E-state index contributed by atoms with van der Waals surface area (Å²) in [4.78, 5) is 3.56. The van der Waals surface area contributed by atoms with E-state index in [4.69, 9.17) is 23.8 Å². The average molecular weight is 374 g/mol. The Balaban J connectivity index is 1.65. The molecule has 24 heavy (non-hydrogen) atoms. The van der Waals surface area contributed by atoms with E-state index < -0.39 is 0 Å². The van der Waals surface area contributed by atoms with Gasteiger partial charge in [-0.05, 0) is 54.0 Å². The number of fused-ring (bicyclic) bond motifs is 1. The number of thiocarbonyl (C=S) groups is 1. The summed E-state index contributed by atoms with van der Waals surface area (Å²) < 4.78 is 2.31. The molecule has 0 saturated carbocycles. The first-order valence-electron chi connectivity index (χ1n) is 7.74. The summed E-state index contributed by atoms with van der Waals surface area (Å²) in [5.74, 6) is 0. The van der Waals surface area contributed by atoms with Crippen molar-refractivity contribution >= 4 is 46.0 Å². The van der Waals surface area contributed by atoms with Crippen LogP contribution in [0.25, 0.3) is 0 Å². The maximum Gasteiger partial charge on any atom is 0.174 e. The lowest BCUT2D eigenvalue weighted by molar-refractivity contribution is 0.297. The molecule has 1 atom stereocenters. The lowest BCUT2D eigenvalue weighted by Gasteiger charge is -2.38. The minimum absolute atomic E-state index is 0.146. The molecule has 1 N–H and O–H groups in total. The number of nitrogens with one attached hydrogen (secondary N) is 1. The largest absolute Gasteiger partial charge is 0.347 e. The van der Waals surface area contributed by atoms with Crippen molar-refractivity contribution in [1.29, 1.82) is 0 Å². The van der Waals surface area contributed by atoms with Crippen LogP contribution in [0, 0.1) is 0 Å². The number of hydrogen-bond donors (Lipinski definition) is 1. The van der Waals surface area contributed by atoms with E-state index in [9.17, 15) is 0 Å². The monoisotopic (exact) mass is 373 g/mol. The predicted molar refractivity (Wildman–Crippen MR) is 105 cm³/mol. The Labute approximate surface area is 155 Å². The standard InChI is InChI=1S/C18H16ClN3S2/c19-13-4-1-5-14(12-13)20-18(23)22-10-9-21-8-2-6-15(21)17(22)16-7-3-11-24-16/h1-8,11-12,17H,9-10H2,(H,20,23). The molecular weight excluding hydrogens is 358 g/mol. The van der Waals surface area contributed by atoms with Crippen molar-refractivity contribution in [3.63, 3.8) is 0 Å². The highest BCUT2D eigenvalue weighted by Gasteiger charge is 2.31. The van der Waals surface area contributed by atoms with Crippen LogP contribution >= 0.6 is 35.2 Å². The molecule has 1 aromatic carbocycles. The third-order valence-electron chi connectivity index (χ3n) is 4.19. The van der Waals surface area contributed by atoms with Gasteiger partial charge in [0, 0.05) is 40.6 Å². The van der Waals surface area contributed by atoms with E-state index in [1.54, 1.807) is 11.3 Å². The molecule has 122 valence electrons. The minimum atomic E-state index is 0.146. The first kappa shape index (κ1) is 15.7. The number of rotatable bonds is 2. The Bertz CT molecular complexity index is 857. The Morgan fingerprint density at radius 2 is 2.08 bits per heavy atom. The third kappa shape index (κ3) is 2.95. The van der Waals surface area contributed by atoms with Gasteiger partial charge in [0.05, 0.1) is 0 Å². The lowest BCUT2D eigenvalue weighted by Crippen LogP contribution is -2.44. The molecule has 1 aliphatic heterocycles. The number of hydrogen-bond acceptors (Lipinski definition) is 2. The molecule has 0 aliphatic carbocycles. The molecular formula is C18H16ClN3S2. The van der Waals surface area contributed by atoms with Crippen molar-refractivity contribution < 1.29 is 0 Å². The normalized spacial score (nSPS) is 16.7. The molecule has 1 aliphatic rings. The maximum absolute atomic E-state index is 6.08. The summed E-state index contributed by atoms with van der Waals surface area (Å²) in [6.45, 7) is 1.80. The van der Waals surface area contributed by atoms with Crippen LogP contribution in [-0.2, 0) is 6.54 Å². The zero-order valence-electron chi connectivity index (χ0n) is 12.9. The molecule has 3 heterocycles. The van der Waals surface area contributed by atoms with E-state index >= 15 is 0 Å². The fourth-order valence-electron chi connectivity index (χ4n) is 3.11. The second kappa shape index (κ2) is 6.59. The summed E-state index contributed by atoms with van der Waals surface area (Å²) in [5.41, 5.74) is 2.19. The number of aromatic nitrogens is 1. The predicted octanol–water partition coefficient (Wildman–Crippen LogP) is 5.01. The highest BCUT2D eigenvalue weighted by atomic mass is 35.5. The van der Waals surface area contributed by atoms with Crippen LogP contribution in [0.1, 0.15) is 16.6 Å². The van der Waals surface area contributed by atoms with E-state index in [0.29, 0.717) is 5.02 Å². The van der Waals surface area contributed by atoms with Gasteiger partial charge in [-0.3, -0.25) is 0 Å². The van der Waals surface area contributed by atoms with E-state index in [1.165, 1.54) is 10.6 Å². The number of benzene rings is 1. The number of halogens is 1. The number of nitrogens with zero attached hydrogens (tertiary/aromatic N) is 2. The van der Waals surface area contributed by atoms with Crippen LogP contribution in [0.3, 0.4) is 0 Å². The fourth-order valence-corrected chi connectivity index (χ4v) is 4.46. The molecule has 0 bridgehead atoms. The summed E-state index contributed by atoms with van der Waals surface area (Å²) in [7, 11) is 0. The third-order valence-corrected chi connectivity index (χ3v) is 5.68. The van der Waals surface area contributed by atoms with Gasteiger partial charge in [-0.25, -0.2) is 0 Å². The maximum atomic E-state index is 6.08. The van der Waals surface area contributed by atoms with Crippen molar-refractivity contribution in [2.45, 2.75) is 12.6 Å². The van der Waals surface area contributed by atoms with Crippen molar-refractivity contribution in [3.05, 3.63) is 75.7 Å². The van der Waals surface area contributed by atoms with Crippen molar-refractivity contribution in [1.82, 2.24) is 9.47 Å². The molecule has 0 fully saturated rings. The quantitative estimate of drug-likeness (QED) is 0.638. The summed E-state index contributed by atoms with van der Waals surface area (Å²) in [6, 6.07) is 16.3. The average Bonchev–Trinajstić information content (AvgIpc) is 3.25. The molecule has 0 spiro atoms. The topological polar surface area (TPSA) is 20.2 Å². The first-order valence-corrected chi connectivity index (χ1v) is 9.40. The molecule has 6 heteroatoms. The van der Waals surface area contributed by atoms with Crippen LogP contribution < -0.4 is 5.32 Å². The van der Waals surface area contributed by atoms with E-state index in [-0.39, 0.29) is 6.04 Å².